The van der Waals surface area contributed by atoms with Crippen molar-refractivity contribution in [2.75, 3.05) is 13.1 Å². The summed E-state index contributed by atoms with van der Waals surface area (Å²) < 4.78 is 11.7. The standard InChI is InChI=1S/C24H29N3O6/c1-23(2,3)33-22(31)26-12-24(13-26)9-14(10-24)32-18-6-4-5-15-16(18)11-27(21(15)30)17-7-8-19(28)25-20(17)29/h4-6,14,17H,7-13H2,1-3H3,(H,25,28,29). The molecule has 2 saturated heterocycles. The van der Waals surface area contributed by atoms with E-state index in [-0.39, 0.29) is 35.8 Å². The topological polar surface area (TPSA) is 105 Å². The van der Waals surface area contributed by atoms with E-state index in [0.29, 0.717) is 37.4 Å². The van der Waals surface area contributed by atoms with Crippen LogP contribution in [-0.2, 0) is 20.9 Å². The van der Waals surface area contributed by atoms with E-state index in [0.717, 1.165) is 18.4 Å². The summed E-state index contributed by atoms with van der Waals surface area (Å²) in [6.45, 7) is 7.22. The Morgan fingerprint density at radius 2 is 1.88 bits per heavy atom. The minimum atomic E-state index is -0.642. The first-order chi connectivity index (χ1) is 15.5. The average Bonchev–Trinajstić information content (AvgIpc) is 2.98. The first kappa shape index (κ1) is 21.7. The van der Waals surface area contributed by atoms with Gasteiger partial charge in [0.2, 0.25) is 11.8 Å². The van der Waals surface area contributed by atoms with Gasteiger partial charge in [0.15, 0.2) is 0 Å². The molecule has 1 spiro atoms. The highest BCUT2D eigenvalue weighted by Crippen LogP contribution is 2.50. The lowest BCUT2D eigenvalue weighted by Crippen LogP contribution is -2.66. The number of carbonyl (C=O) groups excluding carboxylic acids is 4. The zero-order valence-electron chi connectivity index (χ0n) is 19.2. The Labute approximate surface area is 192 Å². The monoisotopic (exact) mass is 455 g/mol. The number of carbonyl (C=O) groups is 4. The van der Waals surface area contributed by atoms with E-state index in [4.69, 9.17) is 9.47 Å². The molecule has 1 N–H and O–H groups in total. The summed E-state index contributed by atoms with van der Waals surface area (Å²) in [7, 11) is 0. The van der Waals surface area contributed by atoms with Gasteiger partial charge in [0.05, 0.1) is 6.54 Å². The van der Waals surface area contributed by atoms with Crippen molar-refractivity contribution >= 4 is 23.8 Å². The number of hydrogen-bond acceptors (Lipinski definition) is 6. The van der Waals surface area contributed by atoms with Crippen LogP contribution in [0.5, 0.6) is 5.75 Å². The Morgan fingerprint density at radius 1 is 1.15 bits per heavy atom. The van der Waals surface area contributed by atoms with Gasteiger partial charge in [-0.15, -0.1) is 0 Å². The van der Waals surface area contributed by atoms with Crippen LogP contribution in [0.25, 0.3) is 0 Å². The summed E-state index contributed by atoms with van der Waals surface area (Å²) in [4.78, 5) is 52.2. The van der Waals surface area contributed by atoms with Crippen molar-refractivity contribution in [1.82, 2.24) is 15.1 Å². The summed E-state index contributed by atoms with van der Waals surface area (Å²) >= 11 is 0. The third-order valence-electron chi connectivity index (χ3n) is 6.86. The van der Waals surface area contributed by atoms with Crippen molar-refractivity contribution in [1.29, 1.82) is 0 Å². The second kappa shape index (κ2) is 7.46. The Hall–Kier alpha value is -3.10. The van der Waals surface area contributed by atoms with Gasteiger partial charge in [-0.05, 0) is 52.2 Å². The maximum absolute atomic E-state index is 13.0. The van der Waals surface area contributed by atoms with E-state index in [1.54, 1.807) is 17.0 Å². The number of imide groups is 1. The van der Waals surface area contributed by atoms with Crippen LogP contribution in [0.4, 0.5) is 4.79 Å². The van der Waals surface area contributed by atoms with Crippen LogP contribution >= 0.6 is 0 Å². The normalized spacial score (nSPS) is 24.2. The SMILES string of the molecule is CC(C)(C)OC(=O)N1CC2(CC(Oc3cccc4c3CN(C3CCC(=O)NC3=O)C4=O)C2)C1. The average molecular weight is 456 g/mol. The number of rotatable bonds is 3. The fourth-order valence-electron chi connectivity index (χ4n) is 5.31. The molecule has 3 fully saturated rings. The molecule has 1 unspecified atom stereocenters. The smallest absolute Gasteiger partial charge is 0.410 e. The molecule has 9 heteroatoms. The molecule has 3 aliphatic heterocycles. The van der Waals surface area contributed by atoms with Gasteiger partial charge in [0.25, 0.3) is 5.91 Å². The van der Waals surface area contributed by atoms with Crippen molar-refractivity contribution in [2.24, 2.45) is 5.41 Å². The number of benzene rings is 1. The zero-order chi connectivity index (χ0) is 23.5. The summed E-state index contributed by atoms with van der Waals surface area (Å²) in [6.07, 6.45) is 2.01. The molecule has 176 valence electrons. The van der Waals surface area contributed by atoms with Crippen molar-refractivity contribution in [3.8, 4) is 5.75 Å². The number of amides is 4. The van der Waals surface area contributed by atoms with Gasteiger partial charge in [0.1, 0.15) is 23.5 Å². The van der Waals surface area contributed by atoms with Crippen molar-refractivity contribution in [3.63, 3.8) is 0 Å². The lowest BCUT2D eigenvalue weighted by molar-refractivity contribution is -0.136. The molecule has 1 aromatic rings. The summed E-state index contributed by atoms with van der Waals surface area (Å²) in [6, 6.07) is 4.76. The number of nitrogens with zero attached hydrogens (tertiary/aromatic N) is 2. The zero-order valence-corrected chi connectivity index (χ0v) is 19.2. The first-order valence-electron chi connectivity index (χ1n) is 11.4. The maximum Gasteiger partial charge on any atom is 0.410 e. The van der Waals surface area contributed by atoms with Gasteiger partial charge in [-0.25, -0.2) is 4.79 Å². The van der Waals surface area contributed by atoms with Crippen LogP contribution in [0.2, 0.25) is 0 Å². The second-order valence-corrected chi connectivity index (χ2v) is 10.7. The molecule has 4 aliphatic rings. The predicted octanol–water partition coefficient (Wildman–Crippen LogP) is 2.23. The molecular weight excluding hydrogens is 426 g/mol. The maximum atomic E-state index is 13.0. The fourth-order valence-corrected chi connectivity index (χ4v) is 5.31. The summed E-state index contributed by atoms with van der Waals surface area (Å²) in [5.74, 6) is -0.263. The highest BCUT2D eigenvalue weighted by molar-refractivity contribution is 6.05. The summed E-state index contributed by atoms with van der Waals surface area (Å²) in [5.41, 5.74) is 0.926. The third kappa shape index (κ3) is 3.94. The molecular formula is C24H29N3O6. The fraction of sp³-hybridized carbons (Fsp3) is 0.583. The van der Waals surface area contributed by atoms with Gasteiger partial charge in [-0.3, -0.25) is 19.7 Å². The molecule has 5 rings (SSSR count). The number of piperidine rings is 1. The van der Waals surface area contributed by atoms with Crippen LogP contribution in [0.15, 0.2) is 18.2 Å². The van der Waals surface area contributed by atoms with Crippen LogP contribution in [0.1, 0.15) is 62.4 Å². The van der Waals surface area contributed by atoms with Crippen LogP contribution in [-0.4, -0.2) is 64.5 Å². The number of ether oxygens (including phenoxy) is 2. The molecule has 1 atom stereocenters. The lowest BCUT2D eigenvalue weighted by Gasteiger charge is -2.58. The Bertz CT molecular complexity index is 1030. The number of hydrogen-bond donors (Lipinski definition) is 1. The number of fused-ring (bicyclic) bond motifs is 1. The third-order valence-corrected chi connectivity index (χ3v) is 6.86. The van der Waals surface area contributed by atoms with Crippen LogP contribution < -0.4 is 10.1 Å². The molecule has 1 saturated carbocycles. The quantitative estimate of drug-likeness (QED) is 0.701. The molecule has 3 heterocycles. The molecule has 9 nitrogen and oxygen atoms in total. The van der Waals surface area contributed by atoms with E-state index in [1.807, 2.05) is 26.8 Å². The van der Waals surface area contributed by atoms with Crippen molar-refractivity contribution < 1.29 is 28.7 Å². The van der Waals surface area contributed by atoms with E-state index < -0.39 is 17.6 Å². The Morgan fingerprint density at radius 3 is 2.55 bits per heavy atom. The molecule has 0 radical (unpaired) electrons. The number of nitrogens with one attached hydrogen (secondary N) is 1. The highest BCUT2D eigenvalue weighted by Gasteiger charge is 2.55. The second-order valence-electron chi connectivity index (χ2n) is 10.7. The molecule has 0 aromatic heterocycles. The van der Waals surface area contributed by atoms with E-state index in [9.17, 15) is 19.2 Å². The largest absolute Gasteiger partial charge is 0.490 e. The highest BCUT2D eigenvalue weighted by atomic mass is 16.6. The van der Waals surface area contributed by atoms with Crippen LogP contribution in [0.3, 0.4) is 0 Å². The molecule has 0 bridgehead atoms. The predicted molar refractivity (Wildman–Crippen MR) is 116 cm³/mol. The van der Waals surface area contributed by atoms with E-state index in [1.165, 1.54) is 4.90 Å². The molecule has 4 amide bonds. The van der Waals surface area contributed by atoms with Crippen LogP contribution in [0, 0.1) is 5.41 Å². The lowest BCUT2D eigenvalue weighted by atomic mass is 9.62. The minimum absolute atomic E-state index is 0.0250. The van der Waals surface area contributed by atoms with Gasteiger partial charge >= 0.3 is 6.09 Å². The van der Waals surface area contributed by atoms with Gasteiger partial charge < -0.3 is 19.3 Å². The Kier molecular flexibility index (Phi) is 4.91. The number of likely N-dealkylation sites (tertiary alicyclic amines) is 1. The van der Waals surface area contributed by atoms with Crippen molar-refractivity contribution in [2.45, 2.75) is 70.7 Å². The molecule has 1 aromatic carbocycles. The van der Waals surface area contributed by atoms with E-state index in [2.05, 4.69) is 5.32 Å². The Balaban J connectivity index is 1.19. The first-order valence-corrected chi connectivity index (χ1v) is 11.4. The summed E-state index contributed by atoms with van der Waals surface area (Å²) in [5, 5.41) is 2.32. The van der Waals surface area contributed by atoms with Gasteiger partial charge in [-0.1, -0.05) is 6.07 Å². The van der Waals surface area contributed by atoms with Crippen molar-refractivity contribution in [3.05, 3.63) is 29.3 Å². The molecule has 33 heavy (non-hydrogen) atoms. The molecule has 1 aliphatic carbocycles. The van der Waals surface area contributed by atoms with E-state index >= 15 is 0 Å². The van der Waals surface area contributed by atoms with Gasteiger partial charge in [0, 0.05) is 36.1 Å². The minimum Gasteiger partial charge on any atom is -0.490 e. The van der Waals surface area contributed by atoms with Gasteiger partial charge in [-0.2, -0.15) is 0 Å².